The highest BCUT2D eigenvalue weighted by molar-refractivity contribution is 5.11. The van der Waals surface area contributed by atoms with Crippen molar-refractivity contribution in [2.45, 2.75) is 40.3 Å². The number of hydrogen-bond acceptors (Lipinski definition) is 3. The van der Waals surface area contributed by atoms with Gasteiger partial charge in [0.05, 0.1) is 11.4 Å². The SMILES string of the molecule is CCNCc1cccc(CN2CCC(C(C)C)C2)n1. The average Bonchev–Trinajstić information content (AvgIpc) is 2.85. The quantitative estimate of drug-likeness (QED) is 0.853. The molecule has 0 saturated carbocycles. The van der Waals surface area contributed by atoms with Crippen molar-refractivity contribution in [3.63, 3.8) is 0 Å². The first-order valence-electron chi connectivity index (χ1n) is 7.57. The van der Waals surface area contributed by atoms with Gasteiger partial charge in [0.25, 0.3) is 0 Å². The monoisotopic (exact) mass is 261 g/mol. The van der Waals surface area contributed by atoms with E-state index in [1.54, 1.807) is 0 Å². The maximum atomic E-state index is 4.74. The molecule has 1 aromatic rings. The summed E-state index contributed by atoms with van der Waals surface area (Å²) < 4.78 is 0. The average molecular weight is 261 g/mol. The van der Waals surface area contributed by atoms with Gasteiger partial charge in [-0.05, 0) is 43.5 Å². The zero-order valence-electron chi connectivity index (χ0n) is 12.5. The maximum Gasteiger partial charge on any atom is 0.0547 e. The van der Waals surface area contributed by atoms with Crippen molar-refractivity contribution < 1.29 is 0 Å². The minimum Gasteiger partial charge on any atom is -0.311 e. The highest BCUT2D eigenvalue weighted by Crippen LogP contribution is 2.24. The Morgan fingerprint density at radius 3 is 2.84 bits per heavy atom. The normalized spacial score (nSPS) is 20.3. The Labute approximate surface area is 117 Å². The third kappa shape index (κ3) is 4.29. The van der Waals surface area contributed by atoms with Crippen molar-refractivity contribution in [1.82, 2.24) is 15.2 Å². The van der Waals surface area contributed by atoms with Crippen molar-refractivity contribution in [3.05, 3.63) is 29.6 Å². The lowest BCUT2D eigenvalue weighted by atomic mass is 9.95. The number of likely N-dealkylation sites (tertiary alicyclic amines) is 1. The minimum absolute atomic E-state index is 0.804. The molecule has 1 aliphatic heterocycles. The van der Waals surface area contributed by atoms with Crippen LogP contribution in [0.4, 0.5) is 0 Å². The Morgan fingerprint density at radius 1 is 1.37 bits per heavy atom. The van der Waals surface area contributed by atoms with Gasteiger partial charge in [-0.2, -0.15) is 0 Å². The molecule has 0 radical (unpaired) electrons. The van der Waals surface area contributed by atoms with Crippen molar-refractivity contribution >= 4 is 0 Å². The number of pyridine rings is 1. The van der Waals surface area contributed by atoms with Gasteiger partial charge in [-0.3, -0.25) is 9.88 Å². The number of nitrogens with one attached hydrogen (secondary N) is 1. The van der Waals surface area contributed by atoms with E-state index in [9.17, 15) is 0 Å². The molecule has 0 amide bonds. The fraction of sp³-hybridized carbons (Fsp3) is 0.688. The van der Waals surface area contributed by atoms with Crippen molar-refractivity contribution in [2.75, 3.05) is 19.6 Å². The van der Waals surface area contributed by atoms with Gasteiger partial charge in [-0.25, -0.2) is 0 Å². The lowest BCUT2D eigenvalue weighted by Gasteiger charge is -2.17. The number of hydrogen-bond donors (Lipinski definition) is 1. The predicted octanol–water partition coefficient (Wildman–Crippen LogP) is 2.67. The Hall–Kier alpha value is -0.930. The summed E-state index contributed by atoms with van der Waals surface area (Å²) in [4.78, 5) is 7.29. The van der Waals surface area contributed by atoms with Crippen LogP contribution in [0.25, 0.3) is 0 Å². The second-order valence-corrected chi connectivity index (χ2v) is 5.93. The molecular formula is C16H27N3. The van der Waals surface area contributed by atoms with Gasteiger partial charge in [0.1, 0.15) is 0 Å². The third-order valence-corrected chi connectivity index (χ3v) is 4.06. The summed E-state index contributed by atoms with van der Waals surface area (Å²) in [5.74, 6) is 1.67. The molecule has 3 heteroatoms. The van der Waals surface area contributed by atoms with Gasteiger partial charge in [0, 0.05) is 19.6 Å². The van der Waals surface area contributed by atoms with Crippen molar-refractivity contribution in [2.24, 2.45) is 11.8 Å². The summed E-state index contributed by atoms with van der Waals surface area (Å²) >= 11 is 0. The van der Waals surface area contributed by atoms with E-state index in [-0.39, 0.29) is 0 Å². The highest BCUT2D eigenvalue weighted by atomic mass is 15.2. The van der Waals surface area contributed by atoms with Crippen LogP contribution >= 0.6 is 0 Å². The second kappa shape index (κ2) is 7.01. The molecule has 1 fully saturated rings. The van der Waals surface area contributed by atoms with Gasteiger partial charge in [0.15, 0.2) is 0 Å². The molecule has 3 nitrogen and oxygen atoms in total. The number of aromatic nitrogens is 1. The molecule has 19 heavy (non-hydrogen) atoms. The summed E-state index contributed by atoms with van der Waals surface area (Å²) in [6, 6.07) is 6.39. The molecule has 0 spiro atoms. The fourth-order valence-corrected chi connectivity index (χ4v) is 2.75. The molecule has 1 atom stereocenters. The van der Waals surface area contributed by atoms with Crippen LogP contribution < -0.4 is 5.32 Å². The smallest absolute Gasteiger partial charge is 0.0547 e. The fourth-order valence-electron chi connectivity index (χ4n) is 2.75. The Kier molecular flexibility index (Phi) is 5.34. The van der Waals surface area contributed by atoms with E-state index in [1.165, 1.54) is 25.2 Å². The summed E-state index contributed by atoms with van der Waals surface area (Å²) in [7, 11) is 0. The molecule has 0 aliphatic carbocycles. The number of nitrogens with zero attached hydrogens (tertiary/aromatic N) is 2. The summed E-state index contributed by atoms with van der Waals surface area (Å²) in [6.45, 7) is 12.1. The Balaban J connectivity index is 1.89. The van der Waals surface area contributed by atoms with E-state index < -0.39 is 0 Å². The highest BCUT2D eigenvalue weighted by Gasteiger charge is 2.24. The largest absolute Gasteiger partial charge is 0.311 e. The van der Waals surface area contributed by atoms with Crippen LogP contribution in [0, 0.1) is 11.8 Å². The van der Waals surface area contributed by atoms with Crippen molar-refractivity contribution in [1.29, 1.82) is 0 Å². The van der Waals surface area contributed by atoms with Crippen LogP contribution in [-0.2, 0) is 13.1 Å². The summed E-state index contributed by atoms with van der Waals surface area (Å²) in [5, 5.41) is 3.33. The molecule has 0 bridgehead atoms. The maximum absolute atomic E-state index is 4.74. The van der Waals surface area contributed by atoms with E-state index >= 15 is 0 Å². The van der Waals surface area contributed by atoms with Crippen LogP contribution in [0.15, 0.2) is 18.2 Å². The van der Waals surface area contributed by atoms with E-state index in [0.29, 0.717) is 0 Å². The van der Waals surface area contributed by atoms with E-state index in [0.717, 1.165) is 37.2 Å². The Bertz CT molecular complexity index is 389. The first kappa shape index (κ1) is 14.5. The van der Waals surface area contributed by atoms with Gasteiger partial charge < -0.3 is 5.32 Å². The van der Waals surface area contributed by atoms with Gasteiger partial charge >= 0.3 is 0 Å². The second-order valence-electron chi connectivity index (χ2n) is 5.93. The zero-order valence-corrected chi connectivity index (χ0v) is 12.5. The lowest BCUT2D eigenvalue weighted by Crippen LogP contribution is -2.22. The van der Waals surface area contributed by atoms with E-state index in [4.69, 9.17) is 4.98 Å². The Morgan fingerprint density at radius 2 is 2.16 bits per heavy atom. The van der Waals surface area contributed by atoms with Gasteiger partial charge in [-0.1, -0.05) is 26.8 Å². The first-order chi connectivity index (χ1) is 9.19. The van der Waals surface area contributed by atoms with Crippen molar-refractivity contribution in [3.8, 4) is 0 Å². The molecular weight excluding hydrogens is 234 g/mol. The topological polar surface area (TPSA) is 28.2 Å². The van der Waals surface area contributed by atoms with Crippen LogP contribution in [0.5, 0.6) is 0 Å². The summed E-state index contributed by atoms with van der Waals surface area (Å²) in [6.07, 6.45) is 1.34. The van der Waals surface area contributed by atoms with Crippen LogP contribution in [0.1, 0.15) is 38.6 Å². The van der Waals surface area contributed by atoms with E-state index in [1.807, 2.05) is 0 Å². The van der Waals surface area contributed by atoms with Gasteiger partial charge in [-0.15, -0.1) is 0 Å². The zero-order chi connectivity index (χ0) is 13.7. The minimum atomic E-state index is 0.804. The third-order valence-electron chi connectivity index (χ3n) is 4.06. The molecule has 1 unspecified atom stereocenters. The molecule has 1 aliphatic rings. The van der Waals surface area contributed by atoms with Crippen LogP contribution in [0.2, 0.25) is 0 Å². The molecule has 1 saturated heterocycles. The standard InChI is InChI=1S/C16H27N3/c1-4-17-10-15-6-5-7-16(18-15)12-19-9-8-14(11-19)13(2)3/h5-7,13-14,17H,4,8-12H2,1-3H3. The lowest BCUT2D eigenvalue weighted by molar-refractivity contribution is 0.293. The number of rotatable bonds is 6. The molecule has 1 aromatic heterocycles. The van der Waals surface area contributed by atoms with Crippen LogP contribution in [0.3, 0.4) is 0 Å². The van der Waals surface area contributed by atoms with Crippen LogP contribution in [-0.4, -0.2) is 29.5 Å². The molecule has 106 valence electrons. The predicted molar refractivity (Wildman–Crippen MR) is 79.8 cm³/mol. The molecule has 2 heterocycles. The summed E-state index contributed by atoms with van der Waals surface area (Å²) in [5.41, 5.74) is 2.36. The van der Waals surface area contributed by atoms with Gasteiger partial charge in [0.2, 0.25) is 0 Å². The molecule has 0 aromatic carbocycles. The molecule has 2 rings (SSSR count). The first-order valence-corrected chi connectivity index (χ1v) is 7.57. The molecule has 1 N–H and O–H groups in total. The van der Waals surface area contributed by atoms with E-state index in [2.05, 4.69) is 49.2 Å².